The summed E-state index contributed by atoms with van der Waals surface area (Å²) in [6.45, 7) is 5.23. The van der Waals surface area contributed by atoms with Crippen LogP contribution in [0.4, 0.5) is 0 Å². The highest BCUT2D eigenvalue weighted by Gasteiger charge is 2.08. The standard InChI is InChI=1S/C17H20N2O/c1-3-10-18-12-17(20)19(2)13-14-8-9-15-6-4-5-7-16(15)11-14/h3-9,11,18H,1,10,12-13H2,2H3. The van der Waals surface area contributed by atoms with E-state index in [2.05, 4.69) is 42.2 Å². The fourth-order valence-corrected chi connectivity index (χ4v) is 2.12. The van der Waals surface area contributed by atoms with Crippen molar-refractivity contribution in [2.24, 2.45) is 0 Å². The lowest BCUT2D eigenvalue weighted by Crippen LogP contribution is -2.35. The fraction of sp³-hybridized carbons (Fsp3) is 0.235. The van der Waals surface area contributed by atoms with Gasteiger partial charge in [-0.3, -0.25) is 4.79 Å². The molecule has 1 N–H and O–H groups in total. The van der Waals surface area contributed by atoms with E-state index < -0.39 is 0 Å². The first-order chi connectivity index (χ1) is 9.70. The molecule has 3 nitrogen and oxygen atoms in total. The van der Waals surface area contributed by atoms with Crippen LogP contribution in [0.3, 0.4) is 0 Å². The Morgan fingerprint density at radius 2 is 2.00 bits per heavy atom. The highest BCUT2D eigenvalue weighted by Crippen LogP contribution is 2.16. The number of hydrogen-bond acceptors (Lipinski definition) is 2. The molecule has 0 aliphatic carbocycles. The average molecular weight is 268 g/mol. The monoisotopic (exact) mass is 268 g/mol. The molecule has 3 heteroatoms. The largest absolute Gasteiger partial charge is 0.340 e. The van der Waals surface area contributed by atoms with Crippen LogP contribution in [-0.2, 0) is 11.3 Å². The highest BCUT2D eigenvalue weighted by atomic mass is 16.2. The molecule has 1 amide bonds. The van der Waals surface area contributed by atoms with E-state index in [4.69, 9.17) is 0 Å². The van der Waals surface area contributed by atoms with Crippen molar-refractivity contribution in [2.45, 2.75) is 6.54 Å². The minimum atomic E-state index is 0.0833. The molecule has 0 aromatic heterocycles. The van der Waals surface area contributed by atoms with E-state index in [0.717, 1.165) is 5.56 Å². The predicted octanol–water partition coefficient (Wildman–Crippen LogP) is 2.57. The van der Waals surface area contributed by atoms with Crippen LogP contribution in [0.1, 0.15) is 5.56 Å². The third-order valence-corrected chi connectivity index (χ3v) is 3.22. The first-order valence-corrected chi connectivity index (χ1v) is 6.74. The first-order valence-electron chi connectivity index (χ1n) is 6.74. The smallest absolute Gasteiger partial charge is 0.236 e. The minimum Gasteiger partial charge on any atom is -0.340 e. The number of carbonyl (C=O) groups excluding carboxylic acids is 1. The summed E-state index contributed by atoms with van der Waals surface area (Å²) in [6.07, 6.45) is 1.75. The van der Waals surface area contributed by atoms with E-state index in [9.17, 15) is 4.79 Å². The maximum Gasteiger partial charge on any atom is 0.236 e. The molecule has 0 spiro atoms. The van der Waals surface area contributed by atoms with E-state index in [1.54, 1.807) is 11.0 Å². The van der Waals surface area contributed by atoms with Gasteiger partial charge in [-0.2, -0.15) is 0 Å². The lowest BCUT2D eigenvalue weighted by molar-refractivity contribution is -0.129. The number of fused-ring (bicyclic) bond motifs is 1. The van der Waals surface area contributed by atoms with E-state index in [1.165, 1.54) is 10.8 Å². The van der Waals surface area contributed by atoms with Crippen molar-refractivity contribution in [1.82, 2.24) is 10.2 Å². The van der Waals surface area contributed by atoms with Gasteiger partial charge in [0.15, 0.2) is 0 Å². The van der Waals surface area contributed by atoms with E-state index >= 15 is 0 Å². The van der Waals surface area contributed by atoms with E-state index in [0.29, 0.717) is 19.6 Å². The Morgan fingerprint density at radius 1 is 1.25 bits per heavy atom. The van der Waals surface area contributed by atoms with E-state index in [1.807, 2.05) is 19.2 Å². The molecule has 0 aliphatic rings. The van der Waals surface area contributed by atoms with Gasteiger partial charge in [-0.1, -0.05) is 42.5 Å². The molecular formula is C17H20N2O. The molecule has 0 aliphatic heterocycles. The Bertz CT molecular complexity index is 607. The van der Waals surface area contributed by atoms with Crippen molar-refractivity contribution in [2.75, 3.05) is 20.1 Å². The SMILES string of the molecule is C=CCNCC(=O)N(C)Cc1ccc2ccccc2c1. The predicted molar refractivity (Wildman–Crippen MR) is 83.5 cm³/mol. The Kier molecular flexibility index (Phi) is 4.91. The van der Waals surface area contributed by atoms with Crippen LogP contribution in [0.2, 0.25) is 0 Å². The van der Waals surface area contributed by atoms with Gasteiger partial charge in [-0.15, -0.1) is 6.58 Å². The van der Waals surface area contributed by atoms with Crippen LogP contribution in [0.15, 0.2) is 55.1 Å². The lowest BCUT2D eigenvalue weighted by Gasteiger charge is -2.17. The molecule has 0 radical (unpaired) electrons. The molecule has 2 rings (SSSR count). The highest BCUT2D eigenvalue weighted by molar-refractivity contribution is 5.83. The molecule has 104 valence electrons. The zero-order chi connectivity index (χ0) is 14.4. The minimum absolute atomic E-state index is 0.0833. The number of amides is 1. The summed E-state index contributed by atoms with van der Waals surface area (Å²) in [5, 5.41) is 5.45. The molecule has 0 saturated carbocycles. The molecule has 0 heterocycles. The zero-order valence-corrected chi connectivity index (χ0v) is 11.8. The Labute approximate surface area is 119 Å². The van der Waals surface area contributed by atoms with Gasteiger partial charge >= 0.3 is 0 Å². The molecule has 2 aromatic carbocycles. The first kappa shape index (κ1) is 14.3. The number of likely N-dealkylation sites (N-methyl/N-ethyl adjacent to an activating group) is 1. The fourth-order valence-electron chi connectivity index (χ4n) is 2.12. The molecule has 20 heavy (non-hydrogen) atoms. The van der Waals surface area contributed by atoms with Crippen molar-refractivity contribution in [1.29, 1.82) is 0 Å². The maximum atomic E-state index is 11.9. The molecule has 0 bridgehead atoms. The van der Waals surface area contributed by atoms with Crippen LogP contribution in [0, 0.1) is 0 Å². The summed E-state index contributed by atoms with van der Waals surface area (Å²) < 4.78 is 0. The summed E-state index contributed by atoms with van der Waals surface area (Å²) in [5.41, 5.74) is 1.14. The number of carbonyl (C=O) groups is 1. The molecular weight excluding hydrogens is 248 g/mol. The van der Waals surface area contributed by atoms with Gasteiger partial charge in [0.1, 0.15) is 0 Å². The quantitative estimate of drug-likeness (QED) is 0.645. The second kappa shape index (κ2) is 6.87. The molecule has 0 atom stereocenters. The van der Waals surface area contributed by atoms with Gasteiger partial charge < -0.3 is 10.2 Å². The van der Waals surface area contributed by atoms with Gasteiger partial charge in [0, 0.05) is 20.1 Å². The molecule has 0 saturated heterocycles. The summed E-state index contributed by atoms with van der Waals surface area (Å²) >= 11 is 0. The molecule has 0 unspecified atom stereocenters. The summed E-state index contributed by atoms with van der Waals surface area (Å²) in [5.74, 6) is 0.0833. The van der Waals surface area contributed by atoms with Crippen LogP contribution < -0.4 is 5.32 Å². The average Bonchev–Trinajstić information content (AvgIpc) is 2.47. The lowest BCUT2D eigenvalue weighted by atomic mass is 10.1. The summed E-state index contributed by atoms with van der Waals surface area (Å²) in [6, 6.07) is 14.5. The van der Waals surface area contributed by atoms with Crippen LogP contribution in [0.5, 0.6) is 0 Å². The Balaban J connectivity index is 2.00. The van der Waals surface area contributed by atoms with Gasteiger partial charge in [-0.25, -0.2) is 0 Å². The molecule has 2 aromatic rings. The number of nitrogens with zero attached hydrogens (tertiary/aromatic N) is 1. The number of hydrogen-bond donors (Lipinski definition) is 1. The second-order valence-corrected chi connectivity index (χ2v) is 4.85. The number of nitrogens with one attached hydrogen (secondary N) is 1. The van der Waals surface area contributed by atoms with Crippen molar-refractivity contribution in [3.05, 3.63) is 60.7 Å². The zero-order valence-electron chi connectivity index (χ0n) is 11.8. The number of benzene rings is 2. The van der Waals surface area contributed by atoms with Crippen molar-refractivity contribution in [3.8, 4) is 0 Å². The van der Waals surface area contributed by atoms with E-state index in [-0.39, 0.29) is 5.91 Å². The topological polar surface area (TPSA) is 32.3 Å². The summed E-state index contributed by atoms with van der Waals surface area (Å²) in [4.78, 5) is 13.7. The van der Waals surface area contributed by atoms with Crippen LogP contribution in [0.25, 0.3) is 10.8 Å². The van der Waals surface area contributed by atoms with Crippen molar-refractivity contribution < 1.29 is 4.79 Å². The Hall–Kier alpha value is -2.13. The summed E-state index contributed by atoms with van der Waals surface area (Å²) in [7, 11) is 1.83. The third-order valence-electron chi connectivity index (χ3n) is 3.22. The molecule has 0 fully saturated rings. The Morgan fingerprint density at radius 3 is 2.75 bits per heavy atom. The third kappa shape index (κ3) is 3.68. The van der Waals surface area contributed by atoms with Crippen LogP contribution in [-0.4, -0.2) is 30.9 Å². The van der Waals surface area contributed by atoms with Gasteiger partial charge in [0.25, 0.3) is 0 Å². The second-order valence-electron chi connectivity index (χ2n) is 4.85. The van der Waals surface area contributed by atoms with Crippen molar-refractivity contribution >= 4 is 16.7 Å². The normalized spacial score (nSPS) is 10.4. The van der Waals surface area contributed by atoms with Gasteiger partial charge in [-0.05, 0) is 22.4 Å². The van der Waals surface area contributed by atoms with Gasteiger partial charge in [0.2, 0.25) is 5.91 Å². The number of rotatable bonds is 6. The van der Waals surface area contributed by atoms with Gasteiger partial charge in [0.05, 0.1) is 6.54 Å². The van der Waals surface area contributed by atoms with Crippen LogP contribution >= 0.6 is 0 Å². The van der Waals surface area contributed by atoms with Crippen molar-refractivity contribution in [3.63, 3.8) is 0 Å². The maximum absolute atomic E-state index is 11.9.